The summed E-state index contributed by atoms with van der Waals surface area (Å²) in [6.45, 7) is 2.18. The summed E-state index contributed by atoms with van der Waals surface area (Å²) in [4.78, 5) is 38.7. The molecule has 3 fully saturated rings. The summed E-state index contributed by atoms with van der Waals surface area (Å²) in [5.74, 6) is -6.14. The molecular weight excluding hydrogens is 1340 g/mol. The lowest BCUT2D eigenvalue weighted by molar-refractivity contribution is -0.386. The first kappa shape index (κ1) is 95.2. The number of unbranched alkanes of at least 4 members (excludes halogenated alkanes) is 41. The fraction of sp³-hybridized carbons (Fsp3) is 0.889. The second kappa shape index (κ2) is 59.8. The Balaban J connectivity index is 1.52. The van der Waals surface area contributed by atoms with Crippen molar-refractivity contribution in [1.29, 1.82) is 0 Å². The second-order valence-corrected chi connectivity index (χ2v) is 30.0. The highest BCUT2D eigenvalue weighted by Gasteiger charge is 2.60. The van der Waals surface area contributed by atoms with Crippen LogP contribution in [0.25, 0.3) is 0 Å². The van der Waals surface area contributed by atoms with E-state index < -0.39 is 155 Å². The smallest absolute Gasteiger partial charge is 0.364 e. The van der Waals surface area contributed by atoms with Gasteiger partial charge in [-0.3, -0.25) is 9.59 Å². The van der Waals surface area contributed by atoms with Gasteiger partial charge in [-0.25, -0.2) is 4.79 Å². The molecule has 0 aliphatic carbocycles. The number of allylic oxidation sites excluding steroid dienone is 5. The van der Waals surface area contributed by atoms with E-state index in [4.69, 9.17) is 28.4 Å². The topological polar surface area (TPSA) is 373 Å². The molecule has 18 atom stereocenters. The minimum atomic E-state index is -3.09. The van der Waals surface area contributed by atoms with Crippen LogP contribution in [0.1, 0.15) is 323 Å². The number of carboxylic acids is 1. The predicted octanol–water partition coefficient (Wildman–Crippen LogP) is 11.3. The first-order valence-corrected chi connectivity index (χ1v) is 41.4. The predicted molar refractivity (Wildman–Crippen MR) is 403 cm³/mol. The SMILES string of the molecule is CCCCCCCCCCC/C=C\C/C=C\CCCCCCCCCCCC(=O)NC(COC1OC(CO)C(OC2OC(CO)C(O)C(OC3(C(=O)O)CC(O)C(NC(C)=O)C(C(O)C(O)CO)O3)C2O)C(O)C1O)C(O)/C=C/CCCCCCCCCCCCCCCCCCCCCCCCC. The van der Waals surface area contributed by atoms with Crippen LogP contribution in [0, 0.1) is 0 Å². The van der Waals surface area contributed by atoms with Gasteiger partial charge in [0.15, 0.2) is 12.6 Å². The van der Waals surface area contributed by atoms with Gasteiger partial charge in [-0.15, -0.1) is 0 Å². The molecule has 23 heteroatoms. The van der Waals surface area contributed by atoms with E-state index in [1.165, 1.54) is 218 Å². The molecule has 0 bridgehead atoms. The van der Waals surface area contributed by atoms with Crippen LogP contribution in [0.2, 0.25) is 0 Å². The molecule has 0 aromatic carbocycles. The van der Waals surface area contributed by atoms with Crippen LogP contribution in [0.5, 0.6) is 0 Å². The summed E-state index contributed by atoms with van der Waals surface area (Å²) < 4.78 is 34.9. The maximum atomic E-state index is 13.6. The number of carbonyl (C=O) groups is 3. The number of hydrogen-bond donors (Lipinski definition) is 14. The third kappa shape index (κ3) is 39.5. The molecule has 0 radical (unpaired) electrons. The van der Waals surface area contributed by atoms with E-state index in [2.05, 4.69) is 48.8 Å². The van der Waals surface area contributed by atoms with Crippen molar-refractivity contribution in [2.75, 3.05) is 26.4 Å². The van der Waals surface area contributed by atoms with Crippen molar-refractivity contribution in [3.63, 3.8) is 0 Å². The Hall–Kier alpha value is -3.05. The lowest BCUT2D eigenvalue weighted by Crippen LogP contribution is -2.70. The fourth-order valence-electron chi connectivity index (χ4n) is 14.3. The zero-order valence-electron chi connectivity index (χ0n) is 64.4. The highest BCUT2D eigenvalue weighted by atomic mass is 16.8. The van der Waals surface area contributed by atoms with Crippen molar-refractivity contribution >= 4 is 17.8 Å². The van der Waals surface area contributed by atoms with Crippen molar-refractivity contribution in [3.05, 3.63) is 36.5 Å². The molecule has 0 aromatic heterocycles. The van der Waals surface area contributed by atoms with Crippen molar-refractivity contribution in [3.8, 4) is 0 Å². The average molecular weight is 1490 g/mol. The Labute approximate surface area is 625 Å². The third-order valence-corrected chi connectivity index (χ3v) is 20.8. The Bertz CT molecular complexity index is 2210. The standard InChI is InChI=1S/C81H148N2O21/c1-4-6-8-10-12-14-16-18-20-22-24-26-28-30-32-34-36-38-40-42-44-46-48-50-52-54-63(88)62(83-68(91)55-53-51-49-47-45-43-41-39-37-35-33-31-29-27-25-23-21-19-17-15-13-11-9-7-5-2)60-99-78-73(95)72(94)75(67(59-86)101-78)102-79-74(96)77(71(93)66(58-85)100-79)104-81(80(97)98)56-64(89)69(82-61(3)87)76(103-81)70(92)65(90)57-84/h25,27,31,33,52,54,62-67,69-79,84-86,88-90,92-96H,4-24,26,28-30,32,34-51,53,55-60H2,1-3H3,(H,82,87)(H,83,91)(H,97,98)/b27-25-,33-31-,54-52+. The second-order valence-electron chi connectivity index (χ2n) is 30.0. The van der Waals surface area contributed by atoms with Crippen LogP contribution >= 0.6 is 0 Å². The minimum absolute atomic E-state index is 0.195. The van der Waals surface area contributed by atoms with E-state index >= 15 is 0 Å². The van der Waals surface area contributed by atoms with E-state index in [0.717, 1.165) is 64.7 Å². The van der Waals surface area contributed by atoms with Crippen LogP contribution in [-0.2, 0) is 42.8 Å². The van der Waals surface area contributed by atoms with E-state index in [0.29, 0.717) is 12.8 Å². The van der Waals surface area contributed by atoms with Gasteiger partial charge in [0.2, 0.25) is 11.8 Å². The molecular formula is C81H148N2O21. The monoisotopic (exact) mass is 1490 g/mol. The number of hydrogen-bond acceptors (Lipinski definition) is 20. The lowest BCUT2D eigenvalue weighted by Gasteiger charge is -2.50. The van der Waals surface area contributed by atoms with E-state index in [1.807, 2.05) is 6.08 Å². The van der Waals surface area contributed by atoms with Gasteiger partial charge < -0.3 is 100 Å². The average Bonchev–Trinajstić information content (AvgIpc) is 0.756. The highest BCUT2D eigenvalue weighted by molar-refractivity contribution is 5.77. The number of aliphatic carboxylic acids is 1. The van der Waals surface area contributed by atoms with Gasteiger partial charge in [0.05, 0.1) is 50.7 Å². The summed E-state index contributed by atoms with van der Waals surface area (Å²) in [7, 11) is 0. The number of aliphatic hydroxyl groups excluding tert-OH is 11. The van der Waals surface area contributed by atoms with E-state index in [9.17, 15) is 75.7 Å². The van der Waals surface area contributed by atoms with E-state index in [-0.39, 0.29) is 12.3 Å². The Kier molecular flexibility index (Phi) is 54.7. The fourth-order valence-corrected chi connectivity index (χ4v) is 14.3. The zero-order chi connectivity index (χ0) is 76.0. The number of carbonyl (C=O) groups excluding carboxylic acids is 2. The zero-order valence-corrected chi connectivity index (χ0v) is 64.4. The molecule has 104 heavy (non-hydrogen) atoms. The molecule has 608 valence electrons. The van der Waals surface area contributed by atoms with Crippen LogP contribution < -0.4 is 10.6 Å². The lowest BCUT2D eigenvalue weighted by atomic mass is 9.88. The van der Waals surface area contributed by atoms with Crippen LogP contribution in [0.3, 0.4) is 0 Å². The van der Waals surface area contributed by atoms with Gasteiger partial charge in [0, 0.05) is 19.8 Å². The first-order valence-electron chi connectivity index (χ1n) is 41.4. The summed E-state index contributed by atoms with van der Waals surface area (Å²) in [6.07, 6.45) is 38.9. The Morgan fingerprint density at radius 3 is 1.36 bits per heavy atom. The van der Waals surface area contributed by atoms with Gasteiger partial charge in [0.1, 0.15) is 67.1 Å². The first-order chi connectivity index (χ1) is 50.4. The largest absolute Gasteiger partial charge is 0.477 e. The number of aliphatic hydroxyl groups is 11. The van der Waals surface area contributed by atoms with Crippen molar-refractivity contribution in [2.45, 2.75) is 432 Å². The van der Waals surface area contributed by atoms with Crippen LogP contribution in [0.15, 0.2) is 36.5 Å². The molecule has 3 heterocycles. The molecule has 3 rings (SSSR count). The van der Waals surface area contributed by atoms with Crippen molar-refractivity contribution in [1.82, 2.24) is 10.6 Å². The summed E-state index contributed by atoms with van der Waals surface area (Å²) in [5.41, 5.74) is 0. The van der Waals surface area contributed by atoms with Crippen LogP contribution in [0.4, 0.5) is 0 Å². The van der Waals surface area contributed by atoms with E-state index in [1.54, 1.807) is 6.08 Å². The third-order valence-electron chi connectivity index (χ3n) is 20.8. The maximum absolute atomic E-state index is 13.6. The Morgan fingerprint density at radius 1 is 0.510 bits per heavy atom. The Morgan fingerprint density at radius 2 is 0.933 bits per heavy atom. The molecule has 0 spiro atoms. The molecule has 3 aliphatic rings. The molecule has 0 aromatic rings. The van der Waals surface area contributed by atoms with Crippen LogP contribution in [-0.4, -0.2) is 215 Å². The van der Waals surface area contributed by atoms with Gasteiger partial charge in [-0.1, -0.05) is 288 Å². The van der Waals surface area contributed by atoms with Gasteiger partial charge in [-0.05, 0) is 51.4 Å². The summed E-state index contributed by atoms with van der Waals surface area (Å²) in [6, 6.07) is -2.63. The number of nitrogens with one attached hydrogen (secondary N) is 2. The summed E-state index contributed by atoms with van der Waals surface area (Å²) in [5, 5.41) is 136. The van der Waals surface area contributed by atoms with Gasteiger partial charge >= 0.3 is 5.97 Å². The maximum Gasteiger partial charge on any atom is 0.364 e. The van der Waals surface area contributed by atoms with Crippen molar-refractivity contribution in [2.24, 2.45) is 0 Å². The highest BCUT2D eigenvalue weighted by Crippen LogP contribution is 2.39. The quantitative estimate of drug-likeness (QED) is 0.0199. The minimum Gasteiger partial charge on any atom is -0.477 e. The number of amides is 2. The molecule has 14 N–H and O–H groups in total. The normalized spacial score (nSPS) is 26.5. The molecule has 2 amide bonds. The number of rotatable bonds is 65. The van der Waals surface area contributed by atoms with Crippen molar-refractivity contribution < 1.29 is 104 Å². The molecule has 18 unspecified atom stereocenters. The van der Waals surface area contributed by atoms with Gasteiger partial charge in [-0.2, -0.15) is 0 Å². The summed E-state index contributed by atoms with van der Waals surface area (Å²) >= 11 is 0. The molecule has 3 saturated heterocycles. The molecule has 0 saturated carbocycles. The van der Waals surface area contributed by atoms with Gasteiger partial charge in [0.25, 0.3) is 5.79 Å². The number of ether oxygens (including phenoxy) is 6. The molecule has 23 nitrogen and oxygen atoms in total. The molecule has 3 aliphatic heterocycles. The number of carboxylic acid groups (broad SMARTS) is 1.